The van der Waals surface area contributed by atoms with Gasteiger partial charge in [0.05, 0.1) is 29.2 Å². The van der Waals surface area contributed by atoms with Crippen LogP contribution in [0.3, 0.4) is 0 Å². The summed E-state index contributed by atoms with van der Waals surface area (Å²) in [6.07, 6.45) is 4.25. The molecule has 2 aromatic carbocycles. The van der Waals surface area contributed by atoms with Gasteiger partial charge >= 0.3 is 0 Å². The van der Waals surface area contributed by atoms with Gasteiger partial charge in [-0.05, 0) is 81.1 Å². The summed E-state index contributed by atoms with van der Waals surface area (Å²) >= 11 is 7.98. The average molecular weight is 521 g/mol. The standard InChI is InChI=1S/C27H29ClN6OS/c1-32(2)16-25(35)33-14-19-13-20(28)11-12-22(19)34-24(15-33)29-30-27(34)18-9-7-17(8-10-18)26-21-5-3-4-6-23(21)36-31-26/h3-6,11-13,17-18H,7-10,14-16H2,1-2H3/t17-,18-. The van der Waals surface area contributed by atoms with Gasteiger partial charge in [0, 0.05) is 28.8 Å². The fraction of sp³-hybridized carbons (Fsp3) is 0.407. The molecule has 0 saturated heterocycles. The number of halogens is 1. The molecule has 0 bridgehead atoms. The smallest absolute Gasteiger partial charge is 0.237 e. The predicted octanol–water partition coefficient (Wildman–Crippen LogP) is 5.38. The minimum absolute atomic E-state index is 0.0694. The molecule has 1 aliphatic carbocycles. The number of aromatic nitrogens is 4. The van der Waals surface area contributed by atoms with E-state index in [4.69, 9.17) is 21.1 Å². The minimum Gasteiger partial charge on any atom is -0.330 e. The summed E-state index contributed by atoms with van der Waals surface area (Å²) in [6.45, 7) is 1.30. The molecule has 0 atom stereocenters. The fourth-order valence-corrected chi connectivity index (χ4v) is 6.71. The molecule has 6 rings (SSSR count). The summed E-state index contributed by atoms with van der Waals surface area (Å²) < 4.78 is 8.28. The molecule has 2 aromatic heterocycles. The first-order valence-electron chi connectivity index (χ1n) is 12.5. The van der Waals surface area contributed by atoms with Crippen molar-refractivity contribution < 1.29 is 4.79 Å². The van der Waals surface area contributed by atoms with E-state index in [0.717, 1.165) is 48.6 Å². The number of likely N-dealkylation sites (N-methyl/N-ethyl adjacent to an activating group) is 1. The van der Waals surface area contributed by atoms with Gasteiger partial charge in [0.1, 0.15) is 5.82 Å². The lowest BCUT2D eigenvalue weighted by Crippen LogP contribution is -2.36. The second kappa shape index (κ2) is 9.57. The highest BCUT2D eigenvalue weighted by Crippen LogP contribution is 2.43. The van der Waals surface area contributed by atoms with Crippen LogP contribution in [-0.4, -0.2) is 55.5 Å². The molecule has 1 fully saturated rings. The number of nitrogens with zero attached hydrogens (tertiary/aromatic N) is 6. The Morgan fingerprint density at radius 3 is 2.64 bits per heavy atom. The van der Waals surface area contributed by atoms with Crippen molar-refractivity contribution in [3.05, 3.63) is 70.4 Å². The van der Waals surface area contributed by atoms with Crippen LogP contribution in [0.2, 0.25) is 5.02 Å². The molecule has 0 radical (unpaired) electrons. The van der Waals surface area contributed by atoms with Gasteiger partial charge < -0.3 is 9.80 Å². The normalized spacial score (nSPS) is 19.8. The molecule has 0 unspecified atom stereocenters. The third-order valence-corrected chi connectivity index (χ3v) is 8.50. The maximum absolute atomic E-state index is 13.0. The molecule has 7 nitrogen and oxygen atoms in total. The first-order chi connectivity index (χ1) is 17.5. The summed E-state index contributed by atoms with van der Waals surface area (Å²) in [6, 6.07) is 14.5. The Bertz CT molecular complexity index is 1420. The van der Waals surface area contributed by atoms with Gasteiger partial charge in [-0.25, -0.2) is 0 Å². The van der Waals surface area contributed by atoms with Crippen LogP contribution in [0.25, 0.3) is 15.8 Å². The number of hydrogen-bond donors (Lipinski definition) is 0. The van der Waals surface area contributed by atoms with E-state index < -0.39 is 0 Å². The molecular weight excluding hydrogens is 492 g/mol. The second-order valence-corrected chi connectivity index (χ2v) is 11.4. The fourth-order valence-electron chi connectivity index (χ4n) is 5.66. The van der Waals surface area contributed by atoms with Crippen LogP contribution in [0.5, 0.6) is 0 Å². The van der Waals surface area contributed by atoms with Crippen LogP contribution >= 0.6 is 23.1 Å². The number of carbonyl (C=O) groups excluding carboxylic acids is 1. The van der Waals surface area contributed by atoms with Crippen molar-refractivity contribution >= 4 is 39.1 Å². The SMILES string of the molecule is CN(C)CC(=O)N1Cc2cc(Cl)ccc2-n2c(nnc2[C@H]2CC[C@H](c3nsc4ccccc43)CC2)C1. The van der Waals surface area contributed by atoms with Crippen LogP contribution < -0.4 is 0 Å². The molecule has 2 aliphatic rings. The summed E-state index contributed by atoms with van der Waals surface area (Å²) in [5, 5.41) is 11.3. The average Bonchev–Trinajstić information content (AvgIpc) is 3.44. The van der Waals surface area contributed by atoms with E-state index in [9.17, 15) is 4.79 Å². The van der Waals surface area contributed by atoms with Crippen LogP contribution in [0.1, 0.15) is 60.4 Å². The van der Waals surface area contributed by atoms with E-state index in [1.807, 2.05) is 42.1 Å². The van der Waals surface area contributed by atoms with Crippen molar-refractivity contribution in [3.63, 3.8) is 0 Å². The summed E-state index contributed by atoms with van der Waals surface area (Å²) in [5.74, 6) is 2.68. The van der Waals surface area contributed by atoms with Gasteiger partial charge in [-0.3, -0.25) is 9.36 Å². The molecule has 1 amide bonds. The molecule has 9 heteroatoms. The second-order valence-electron chi connectivity index (χ2n) is 10.2. The molecular formula is C27H29ClN6OS. The van der Waals surface area contributed by atoms with Gasteiger partial charge in [-0.2, -0.15) is 4.37 Å². The first-order valence-corrected chi connectivity index (χ1v) is 13.6. The topological polar surface area (TPSA) is 67.2 Å². The molecule has 1 aliphatic heterocycles. The van der Waals surface area contributed by atoms with Gasteiger partial charge in [-0.15, -0.1) is 10.2 Å². The minimum atomic E-state index is 0.0694. The van der Waals surface area contributed by atoms with Gasteiger partial charge in [0.2, 0.25) is 5.91 Å². The number of benzene rings is 2. The lowest BCUT2D eigenvalue weighted by Gasteiger charge is -2.27. The zero-order valence-electron chi connectivity index (χ0n) is 20.5. The van der Waals surface area contributed by atoms with Crippen LogP contribution in [0.4, 0.5) is 0 Å². The number of hydrogen-bond acceptors (Lipinski definition) is 6. The van der Waals surface area contributed by atoms with E-state index in [0.29, 0.717) is 36.5 Å². The lowest BCUT2D eigenvalue weighted by atomic mass is 9.79. The maximum Gasteiger partial charge on any atom is 0.237 e. The third kappa shape index (κ3) is 4.31. The van der Waals surface area contributed by atoms with Crippen molar-refractivity contribution in [1.29, 1.82) is 0 Å². The molecule has 0 N–H and O–H groups in total. The molecule has 4 aromatic rings. The van der Waals surface area contributed by atoms with Gasteiger partial charge in [0.15, 0.2) is 5.82 Å². The van der Waals surface area contributed by atoms with Crippen LogP contribution in [0.15, 0.2) is 42.5 Å². The van der Waals surface area contributed by atoms with Crippen molar-refractivity contribution in [2.75, 3.05) is 20.6 Å². The number of amides is 1. The monoisotopic (exact) mass is 520 g/mol. The van der Waals surface area contributed by atoms with Crippen molar-refractivity contribution in [1.82, 2.24) is 28.9 Å². The molecule has 186 valence electrons. The zero-order chi connectivity index (χ0) is 24.8. The van der Waals surface area contributed by atoms with Crippen LogP contribution in [-0.2, 0) is 17.9 Å². The Kier molecular flexibility index (Phi) is 6.27. The zero-order valence-corrected chi connectivity index (χ0v) is 22.1. The van der Waals surface area contributed by atoms with E-state index >= 15 is 0 Å². The summed E-state index contributed by atoms with van der Waals surface area (Å²) in [5.41, 5.74) is 3.31. The summed E-state index contributed by atoms with van der Waals surface area (Å²) in [7, 11) is 3.82. The van der Waals surface area contributed by atoms with Crippen LogP contribution in [0, 0.1) is 0 Å². The Hall–Kier alpha value is -2.81. The largest absolute Gasteiger partial charge is 0.330 e. The molecule has 3 heterocycles. The van der Waals surface area contributed by atoms with E-state index in [1.165, 1.54) is 15.8 Å². The highest BCUT2D eigenvalue weighted by Gasteiger charge is 2.33. The number of carbonyl (C=O) groups is 1. The first kappa shape index (κ1) is 23.6. The number of fused-ring (bicyclic) bond motifs is 4. The van der Waals surface area contributed by atoms with E-state index in [-0.39, 0.29) is 5.91 Å². The summed E-state index contributed by atoms with van der Waals surface area (Å²) in [4.78, 5) is 16.8. The molecule has 36 heavy (non-hydrogen) atoms. The maximum atomic E-state index is 13.0. The van der Waals surface area contributed by atoms with Crippen molar-refractivity contribution in [2.24, 2.45) is 0 Å². The van der Waals surface area contributed by atoms with Crippen molar-refractivity contribution in [3.8, 4) is 5.69 Å². The Labute approximate surface area is 219 Å². The van der Waals surface area contributed by atoms with E-state index in [2.05, 4.69) is 33.9 Å². The van der Waals surface area contributed by atoms with E-state index in [1.54, 1.807) is 11.5 Å². The highest BCUT2D eigenvalue weighted by molar-refractivity contribution is 7.13. The van der Waals surface area contributed by atoms with Crippen molar-refractivity contribution in [2.45, 2.75) is 50.6 Å². The number of rotatable bonds is 4. The highest BCUT2D eigenvalue weighted by atomic mass is 35.5. The molecule has 1 saturated carbocycles. The Balaban J connectivity index is 1.29. The molecule has 0 spiro atoms. The third-order valence-electron chi connectivity index (χ3n) is 7.42. The Morgan fingerprint density at radius 1 is 1.06 bits per heavy atom. The van der Waals surface area contributed by atoms with Gasteiger partial charge in [0.25, 0.3) is 0 Å². The quantitative estimate of drug-likeness (QED) is 0.361. The predicted molar refractivity (Wildman–Crippen MR) is 143 cm³/mol. The Morgan fingerprint density at radius 2 is 1.83 bits per heavy atom. The lowest BCUT2D eigenvalue weighted by molar-refractivity contribution is -0.133. The van der Waals surface area contributed by atoms with Gasteiger partial charge in [-0.1, -0.05) is 29.8 Å².